The number of nitrogens with one attached hydrogen (secondary N) is 1. The van der Waals surface area contributed by atoms with E-state index in [1.54, 1.807) is 7.05 Å². The summed E-state index contributed by atoms with van der Waals surface area (Å²) in [6.07, 6.45) is -4.90. The largest absolute Gasteiger partial charge is 0.490 e. The first-order valence-corrected chi connectivity index (χ1v) is 13.1. The van der Waals surface area contributed by atoms with Crippen LogP contribution in [0.15, 0.2) is 6.33 Å². The third kappa shape index (κ3) is 6.12. The van der Waals surface area contributed by atoms with Crippen LogP contribution in [0.2, 0.25) is 0 Å². The van der Waals surface area contributed by atoms with Gasteiger partial charge in [-0.05, 0) is 0 Å². The minimum absolute atomic E-state index is 0.122. The highest BCUT2D eigenvalue weighted by Gasteiger charge is 2.47. The van der Waals surface area contributed by atoms with Gasteiger partial charge in [-0.15, -0.1) is 0 Å². The Balaban J connectivity index is 1.73. The zero-order chi connectivity index (χ0) is 24.8. The Hall–Kier alpha value is -1.56. The van der Waals surface area contributed by atoms with E-state index in [1.165, 1.54) is 10.9 Å². The fraction of sp³-hybridized carbons (Fsp3) is 0.545. The molecular formula is C11H19N6O13P3. The third-order valence-corrected chi connectivity index (χ3v) is 7.91. The average Bonchev–Trinajstić information content (AvgIpc) is 3.18. The molecular weight excluding hydrogens is 517 g/mol. The zero-order valence-corrected chi connectivity index (χ0v) is 19.0. The number of imidazole rings is 1. The highest BCUT2D eigenvalue weighted by atomic mass is 31.3. The van der Waals surface area contributed by atoms with Crippen molar-refractivity contribution in [3.8, 4) is 0 Å². The Morgan fingerprint density at radius 2 is 1.79 bits per heavy atom. The highest BCUT2D eigenvalue weighted by Crippen LogP contribution is 2.66. The minimum Gasteiger partial charge on any atom is -0.387 e. The number of aromatic nitrogens is 4. The smallest absolute Gasteiger partial charge is 0.387 e. The van der Waals surface area contributed by atoms with Crippen molar-refractivity contribution in [1.82, 2.24) is 19.5 Å². The average molecular weight is 536 g/mol. The SMILES string of the molecule is CNc1nc(N)nc2c1ncn2[C@@H]1O[C@H](COP(=O)(O)OP(=O)(O)OP(=O)(O)O)[C@@H](O)[C@H]1O. The number of aliphatic hydroxyl groups is 2. The van der Waals surface area contributed by atoms with Crippen molar-refractivity contribution in [1.29, 1.82) is 0 Å². The molecule has 0 aliphatic carbocycles. The number of phosphoric acid groups is 3. The molecule has 186 valence electrons. The van der Waals surface area contributed by atoms with Gasteiger partial charge in [0.2, 0.25) is 5.95 Å². The van der Waals surface area contributed by atoms with Crippen molar-refractivity contribution in [3.05, 3.63) is 6.33 Å². The van der Waals surface area contributed by atoms with Crippen molar-refractivity contribution in [2.24, 2.45) is 0 Å². The van der Waals surface area contributed by atoms with Crippen LogP contribution >= 0.6 is 23.5 Å². The third-order valence-electron chi connectivity index (χ3n) is 4.10. The second-order valence-corrected chi connectivity index (χ2v) is 10.9. The second kappa shape index (κ2) is 9.24. The number of rotatable bonds is 9. The fourth-order valence-corrected chi connectivity index (χ4v) is 5.89. The van der Waals surface area contributed by atoms with E-state index >= 15 is 0 Å². The van der Waals surface area contributed by atoms with Crippen molar-refractivity contribution in [2.45, 2.75) is 24.5 Å². The molecule has 0 radical (unpaired) electrons. The normalized spacial score (nSPS) is 27.4. The van der Waals surface area contributed by atoms with E-state index in [0.29, 0.717) is 0 Å². The molecule has 1 aliphatic rings. The number of hydrogen-bond donors (Lipinski definition) is 8. The summed E-state index contributed by atoms with van der Waals surface area (Å²) in [5.74, 6) is 0.138. The molecule has 0 saturated carbocycles. The number of hydrogen-bond acceptors (Lipinski definition) is 14. The molecule has 6 atom stereocenters. The number of anilines is 2. The number of nitrogen functional groups attached to an aromatic ring is 1. The number of nitrogens with two attached hydrogens (primary N) is 1. The Bertz CT molecular complexity index is 1170. The molecule has 9 N–H and O–H groups in total. The van der Waals surface area contributed by atoms with Gasteiger partial charge < -0.3 is 45.6 Å². The maximum Gasteiger partial charge on any atom is 0.490 e. The molecule has 33 heavy (non-hydrogen) atoms. The molecule has 0 aromatic carbocycles. The molecule has 19 nitrogen and oxygen atoms in total. The van der Waals surface area contributed by atoms with Crippen LogP contribution in [-0.2, 0) is 31.6 Å². The Morgan fingerprint density at radius 3 is 2.39 bits per heavy atom. The van der Waals surface area contributed by atoms with E-state index in [2.05, 4.69) is 33.4 Å². The lowest BCUT2D eigenvalue weighted by atomic mass is 10.1. The minimum atomic E-state index is -5.71. The molecule has 2 aromatic rings. The van der Waals surface area contributed by atoms with Crippen molar-refractivity contribution in [2.75, 3.05) is 24.7 Å². The maximum absolute atomic E-state index is 11.8. The summed E-state index contributed by atoms with van der Waals surface area (Å²) in [5, 5.41) is 23.4. The molecule has 0 bridgehead atoms. The monoisotopic (exact) mass is 536 g/mol. The molecule has 0 amide bonds. The summed E-state index contributed by atoms with van der Waals surface area (Å²) >= 11 is 0. The first-order chi connectivity index (χ1) is 15.1. The molecule has 3 heterocycles. The predicted molar refractivity (Wildman–Crippen MR) is 105 cm³/mol. The lowest BCUT2D eigenvalue weighted by molar-refractivity contribution is -0.0503. The summed E-state index contributed by atoms with van der Waals surface area (Å²) < 4.78 is 52.1. The lowest BCUT2D eigenvalue weighted by Crippen LogP contribution is -2.33. The zero-order valence-electron chi connectivity index (χ0n) is 16.3. The van der Waals surface area contributed by atoms with Gasteiger partial charge in [0.25, 0.3) is 0 Å². The molecule has 1 fully saturated rings. The van der Waals surface area contributed by atoms with Gasteiger partial charge in [0.05, 0.1) is 12.9 Å². The van der Waals surface area contributed by atoms with E-state index in [-0.39, 0.29) is 22.9 Å². The first kappa shape index (κ1) is 26.1. The van der Waals surface area contributed by atoms with Crippen LogP contribution in [0.1, 0.15) is 6.23 Å². The van der Waals surface area contributed by atoms with Crippen molar-refractivity contribution < 1.29 is 61.4 Å². The fourth-order valence-electron chi connectivity index (χ4n) is 2.86. The Kier molecular flexibility index (Phi) is 7.29. The predicted octanol–water partition coefficient (Wildman–Crippen LogP) is -1.59. The summed E-state index contributed by atoms with van der Waals surface area (Å²) in [7, 11) is -15.2. The standard InChI is InChI=1S/C11H19N6O13P3/c1-13-8-5-9(16-11(12)15-8)17(3-14-5)10-7(19)6(18)4(28-10)2-27-32(23,24)30-33(25,26)29-31(20,21)22/h3-4,6-7,10,18-19H,2H2,1H3,(H,23,24)(H,25,26)(H2,20,21,22)(H3,12,13,15,16)/t4-,6-,7-,10-/m1/s1. The van der Waals surface area contributed by atoms with Crippen LogP contribution in [0.5, 0.6) is 0 Å². The molecule has 1 aliphatic heterocycles. The van der Waals surface area contributed by atoms with Gasteiger partial charge in [-0.25, -0.2) is 18.7 Å². The summed E-state index contributed by atoms with van der Waals surface area (Å²) in [6.45, 7) is -0.968. The summed E-state index contributed by atoms with van der Waals surface area (Å²) in [5.41, 5.74) is 6.03. The molecule has 0 spiro atoms. The maximum atomic E-state index is 11.8. The Morgan fingerprint density at radius 1 is 1.12 bits per heavy atom. The summed E-state index contributed by atoms with van der Waals surface area (Å²) in [4.78, 5) is 47.8. The first-order valence-electron chi connectivity index (χ1n) is 8.60. The molecule has 22 heteroatoms. The van der Waals surface area contributed by atoms with Gasteiger partial charge in [0, 0.05) is 7.05 Å². The quantitative estimate of drug-likeness (QED) is 0.168. The van der Waals surface area contributed by atoms with E-state index in [1.807, 2.05) is 0 Å². The van der Waals surface area contributed by atoms with Crippen LogP contribution in [0.25, 0.3) is 11.2 Å². The van der Waals surface area contributed by atoms with Gasteiger partial charge in [-0.2, -0.15) is 18.6 Å². The number of aliphatic hydroxyl groups excluding tert-OH is 2. The van der Waals surface area contributed by atoms with E-state index in [9.17, 15) is 28.8 Å². The van der Waals surface area contributed by atoms with Crippen LogP contribution in [0.4, 0.5) is 11.8 Å². The molecule has 2 unspecified atom stereocenters. The van der Waals surface area contributed by atoms with Crippen molar-refractivity contribution in [3.63, 3.8) is 0 Å². The summed E-state index contributed by atoms with van der Waals surface area (Å²) in [6, 6.07) is 0. The topological polar surface area (TPSA) is 291 Å². The molecule has 1 saturated heterocycles. The lowest BCUT2D eigenvalue weighted by Gasteiger charge is -2.19. The van der Waals surface area contributed by atoms with Crippen LogP contribution in [-0.4, -0.2) is 81.3 Å². The van der Waals surface area contributed by atoms with Gasteiger partial charge in [0.15, 0.2) is 23.2 Å². The number of fused-ring (bicyclic) bond motifs is 1. The highest BCUT2D eigenvalue weighted by molar-refractivity contribution is 7.66. The van der Waals surface area contributed by atoms with E-state index in [0.717, 1.165) is 0 Å². The molecule has 2 aromatic heterocycles. The Labute approximate surface area is 183 Å². The molecule has 3 rings (SSSR count). The number of phosphoric ester groups is 1. The van der Waals surface area contributed by atoms with Gasteiger partial charge >= 0.3 is 23.5 Å². The number of ether oxygens (including phenoxy) is 1. The van der Waals surface area contributed by atoms with Crippen LogP contribution in [0.3, 0.4) is 0 Å². The second-order valence-electron chi connectivity index (χ2n) is 6.44. The van der Waals surface area contributed by atoms with Crippen LogP contribution < -0.4 is 11.1 Å². The van der Waals surface area contributed by atoms with Gasteiger partial charge in [0.1, 0.15) is 18.3 Å². The van der Waals surface area contributed by atoms with E-state index in [4.69, 9.17) is 25.2 Å². The van der Waals surface area contributed by atoms with E-state index < -0.39 is 54.6 Å². The van der Waals surface area contributed by atoms with Gasteiger partial charge in [-0.1, -0.05) is 0 Å². The van der Waals surface area contributed by atoms with Gasteiger partial charge in [-0.3, -0.25) is 9.09 Å². The van der Waals surface area contributed by atoms with Crippen molar-refractivity contribution >= 4 is 46.4 Å². The number of nitrogens with zero attached hydrogens (tertiary/aromatic N) is 4. The van der Waals surface area contributed by atoms with Crippen LogP contribution in [0, 0.1) is 0 Å².